The fraction of sp³-hybridized carbons (Fsp3) is 0.385. The second-order valence-corrected chi connectivity index (χ2v) is 6.66. The van der Waals surface area contributed by atoms with Crippen molar-refractivity contribution in [3.8, 4) is 0 Å². The van der Waals surface area contributed by atoms with Gasteiger partial charge in [0.1, 0.15) is 5.01 Å². The normalized spacial score (nSPS) is 10.7. The van der Waals surface area contributed by atoms with Gasteiger partial charge in [-0.25, -0.2) is 0 Å². The fourth-order valence-electron chi connectivity index (χ4n) is 1.57. The zero-order chi connectivity index (χ0) is 13.7. The van der Waals surface area contributed by atoms with Crippen LogP contribution < -0.4 is 4.90 Å². The quantitative estimate of drug-likeness (QED) is 0.815. The third-order valence-electron chi connectivity index (χ3n) is 2.68. The van der Waals surface area contributed by atoms with Crippen molar-refractivity contribution in [3.63, 3.8) is 0 Å². The summed E-state index contributed by atoms with van der Waals surface area (Å²) < 4.78 is 0. The van der Waals surface area contributed by atoms with Crippen LogP contribution in [0.25, 0.3) is 0 Å². The molecule has 0 saturated heterocycles. The molecule has 0 amide bonds. The minimum atomic E-state index is 0.763. The van der Waals surface area contributed by atoms with Gasteiger partial charge < -0.3 is 4.90 Å². The Morgan fingerprint density at radius 2 is 2.00 bits per heavy atom. The molecule has 0 N–H and O–H groups in total. The first-order valence-electron chi connectivity index (χ1n) is 5.96. The second-order valence-electron chi connectivity index (χ2n) is 4.20. The first-order chi connectivity index (χ1) is 9.19. The largest absolute Gasteiger partial charge is 0.349 e. The van der Waals surface area contributed by atoms with Crippen molar-refractivity contribution in [2.45, 2.75) is 6.42 Å². The molecule has 6 heteroatoms. The Hall–Kier alpha value is -0.780. The van der Waals surface area contributed by atoms with E-state index >= 15 is 0 Å². The van der Waals surface area contributed by atoms with Crippen LogP contribution in [0.15, 0.2) is 24.3 Å². The van der Waals surface area contributed by atoms with Crippen LogP contribution in [0.1, 0.15) is 10.6 Å². The maximum atomic E-state index is 5.87. The van der Waals surface area contributed by atoms with Crippen molar-refractivity contribution in [2.24, 2.45) is 0 Å². The summed E-state index contributed by atoms with van der Waals surface area (Å²) in [7, 11) is 2.06. The van der Waals surface area contributed by atoms with Crippen molar-refractivity contribution >= 4 is 39.8 Å². The van der Waals surface area contributed by atoms with Crippen LogP contribution in [0.4, 0.5) is 5.13 Å². The van der Waals surface area contributed by atoms with Crippen LogP contribution in [-0.4, -0.2) is 35.8 Å². The Kier molecular flexibility index (Phi) is 5.48. The topological polar surface area (TPSA) is 29.0 Å². The molecule has 0 atom stereocenters. The highest BCUT2D eigenvalue weighted by Gasteiger charge is 2.09. The van der Waals surface area contributed by atoms with E-state index < -0.39 is 0 Å². The van der Waals surface area contributed by atoms with Crippen molar-refractivity contribution < 1.29 is 0 Å². The molecule has 1 aromatic carbocycles. The number of benzene rings is 1. The highest BCUT2D eigenvalue weighted by molar-refractivity contribution is 7.98. The predicted octanol–water partition coefficient (Wildman–Crippen LogP) is 3.58. The standard InChI is InChI=1S/C13H16ClN3S2/c1-17(7-8-18-2)13-16-15-12(19-13)9-10-3-5-11(14)6-4-10/h3-6H,7-9H2,1-2H3. The summed E-state index contributed by atoms with van der Waals surface area (Å²) in [6.07, 6.45) is 2.92. The Balaban J connectivity index is 1.98. The number of aromatic nitrogens is 2. The van der Waals surface area contributed by atoms with E-state index in [1.165, 1.54) is 5.56 Å². The Morgan fingerprint density at radius 3 is 2.68 bits per heavy atom. The lowest BCUT2D eigenvalue weighted by molar-refractivity contribution is 0.922. The molecule has 0 bridgehead atoms. The average Bonchev–Trinajstić information content (AvgIpc) is 2.87. The molecule has 0 spiro atoms. The summed E-state index contributed by atoms with van der Waals surface area (Å²) in [4.78, 5) is 2.15. The van der Waals surface area contributed by atoms with Crippen molar-refractivity contribution in [2.75, 3.05) is 30.5 Å². The van der Waals surface area contributed by atoms with Gasteiger partial charge in [-0.3, -0.25) is 0 Å². The van der Waals surface area contributed by atoms with Gasteiger partial charge in [-0.2, -0.15) is 11.8 Å². The highest BCUT2D eigenvalue weighted by Crippen LogP contribution is 2.22. The van der Waals surface area contributed by atoms with Gasteiger partial charge in [0.15, 0.2) is 0 Å². The number of rotatable bonds is 6. The van der Waals surface area contributed by atoms with Crippen LogP contribution in [-0.2, 0) is 6.42 Å². The van der Waals surface area contributed by atoms with E-state index in [1.807, 2.05) is 36.0 Å². The van der Waals surface area contributed by atoms with Crippen LogP contribution in [0, 0.1) is 0 Å². The lowest BCUT2D eigenvalue weighted by Gasteiger charge is -2.13. The van der Waals surface area contributed by atoms with Gasteiger partial charge in [0.05, 0.1) is 0 Å². The van der Waals surface area contributed by atoms with Gasteiger partial charge >= 0.3 is 0 Å². The Labute approximate surface area is 127 Å². The molecule has 19 heavy (non-hydrogen) atoms. The summed E-state index contributed by atoms with van der Waals surface area (Å²) in [6, 6.07) is 7.87. The fourth-order valence-corrected chi connectivity index (χ4v) is 3.01. The number of anilines is 1. The molecule has 0 aliphatic carbocycles. The number of thioether (sulfide) groups is 1. The molecular formula is C13H16ClN3S2. The molecular weight excluding hydrogens is 298 g/mol. The van der Waals surface area contributed by atoms with Crippen LogP contribution >= 0.6 is 34.7 Å². The molecule has 0 radical (unpaired) electrons. The van der Waals surface area contributed by atoms with Crippen molar-refractivity contribution in [1.82, 2.24) is 10.2 Å². The summed E-state index contributed by atoms with van der Waals surface area (Å²) in [5.41, 5.74) is 1.21. The van der Waals surface area contributed by atoms with Gasteiger partial charge in [0.2, 0.25) is 5.13 Å². The van der Waals surface area contributed by atoms with Gasteiger partial charge in [0.25, 0.3) is 0 Å². The van der Waals surface area contributed by atoms with E-state index in [0.717, 1.165) is 33.9 Å². The smallest absolute Gasteiger partial charge is 0.208 e. The summed E-state index contributed by atoms with van der Waals surface area (Å²) in [5, 5.41) is 11.3. The summed E-state index contributed by atoms with van der Waals surface area (Å²) >= 11 is 9.36. The molecule has 0 saturated carbocycles. The van der Waals surface area contributed by atoms with Gasteiger partial charge in [0, 0.05) is 30.8 Å². The molecule has 2 rings (SSSR count). The van der Waals surface area contributed by atoms with E-state index in [2.05, 4.69) is 28.4 Å². The molecule has 102 valence electrons. The van der Waals surface area contributed by atoms with E-state index in [0.29, 0.717) is 0 Å². The number of nitrogens with zero attached hydrogens (tertiary/aromatic N) is 3. The molecule has 3 nitrogen and oxygen atoms in total. The lowest BCUT2D eigenvalue weighted by atomic mass is 10.2. The number of hydrogen-bond donors (Lipinski definition) is 0. The summed E-state index contributed by atoms with van der Waals surface area (Å²) in [6.45, 7) is 0.997. The third kappa shape index (κ3) is 4.37. The van der Waals surface area contributed by atoms with Gasteiger partial charge in [-0.15, -0.1) is 10.2 Å². The molecule has 0 aliphatic rings. The monoisotopic (exact) mass is 313 g/mol. The first kappa shape index (κ1) is 14.6. The lowest BCUT2D eigenvalue weighted by Crippen LogP contribution is -2.19. The Morgan fingerprint density at radius 1 is 1.26 bits per heavy atom. The molecule has 1 aromatic heterocycles. The van der Waals surface area contributed by atoms with Crippen LogP contribution in [0.3, 0.4) is 0 Å². The van der Waals surface area contributed by atoms with Crippen LogP contribution in [0.2, 0.25) is 5.02 Å². The van der Waals surface area contributed by atoms with Crippen LogP contribution in [0.5, 0.6) is 0 Å². The number of halogens is 1. The van der Waals surface area contributed by atoms with Crippen molar-refractivity contribution in [1.29, 1.82) is 0 Å². The molecule has 2 aromatic rings. The van der Waals surface area contributed by atoms with Crippen molar-refractivity contribution in [3.05, 3.63) is 39.9 Å². The second kappa shape index (κ2) is 7.12. The maximum absolute atomic E-state index is 5.87. The van der Waals surface area contributed by atoms with E-state index in [9.17, 15) is 0 Å². The zero-order valence-electron chi connectivity index (χ0n) is 11.0. The van der Waals surface area contributed by atoms with E-state index in [4.69, 9.17) is 11.6 Å². The highest BCUT2D eigenvalue weighted by atomic mass is 35.5. The summed E-state index contributed by atoms with van der Waals surface area (Å²) in [5.74, 6) is 1.10. The maximum Gasteiger partial charge on any atom is 0.208 e. The minimum Gasteiger partial charge on any atom is -0.349 e. The zero-order valence-corrected chi connectivity index (χ0v) is 13.4. The average molecular weight is 314 g/mol. The molecule has 0 fully saturated rings. The van der Waals surface area contributed by atoms with E-state index in [-0.39, 0.29) is 0 Å². The minimum absolute atomic E-state index is 0.763. The van der Waals surface area contributed by atoms with Gasteiger partial charge in [-0.05, 0) is 24.0 Å². The first-order valence-corrected chi connectivity index (χ1v) is 8.55. The Bertz CT molecular complexity index is 513. The van der Waals surface area contributed by atoms with Gasteiger partial charge in [-0.1, -0.05) is 35.1 Å². The molecule has 1 heterocycles. The van der Waals surface area contributed by atoms with E-state index in [1.54, 1.807) is 11.3 Å². The molecule has 0 unspecified atom stereocenters. The SMILES string of the molecule is CSCCN(C)c1nnc(Cc2ccc(Cl)cc2)s1. The number of hydrogen-bond acceptors (Lipinski definition) is 5. The predicted molar refractivity (Wildman–Crippen MR) is 85.8 cm³/mol. The molecule has 0 aliphatic heterocycles. The third-order valence-corrected chi connectivity index (χ3v) is 4.56.